The first-order valence-electron chi connectivity index (χ1n) is 17.9. The summed E-state index contributed by atoms with van der Waals surface area (Å²) in [4.78, 5) is 97.2. The molecule has 17 nitrogen and oxygen atoms in total. The molecule has 0 unspecified atom stereocenters. The minimum absolute atomic E-state index is 0.0148. The first-order chi connectivity index (χ1) is 26.1. The molecule has 17 heteroatoms. The summed E-state index contributed by atoms with van der Waals surface area (Å²) in [7, 11) is 0. The number of fused-ring (bicyclic) bond motifs is 3. The number of amides is 6. The van der Waals surface area contributed by atoms with Gasteiger partial charge in [-0.2, -0.15) is 5.48 Å². The lowest BCUT2D eigenvalue weighted by atomic mass is 9.95. The van der Waals surface area contributed by atoms with Crippen molar-refractivity contribution >= 4 is 41.8 Å². The molecule has 1 aliphatic heterocycles. The van der Waals surface area contributed by atoms with Gasteiger partial charge in [-0.25, -0.2) is 19.3 Å². The third-order valence-corrected chi connectivity index (χ3v) is 9.11. The van der Waals surface area contributed by atoms with Crippen LogP contribution in [0.15, 0.2) is 60.7 Å². The number of unbranched alkanes of at least 4 members (excludes halogenated alkanes) is 2. The van der Waals surface area contributed by atoms with Crippen LogP contribution in [0.2, 0.25) is 0 Å². The zero-order chi connectivity index (χ0) is 40.3. The number of alkyl carbamates (subject to hydrolysis) is 1. The van der Waals surface area contributed by atoms with Gasteiger partial charge >= 0.3 is 18.2 Å². The molecule has 0 saturated heterocycles. The highest BCUT2D eigenvalue weighted by atomic mass is 16.7. The number of primary amides is 1. The average Bonchev–Trinajstić information content (AvgIpc) is 3.63. The van der Waals surface area contributed by atoms with Crippen LogP contribution in [0.1, 0.15) is 76.3 Å². The highest BCUT2D eigenvalue weighted by Gasteiger charge is 2.54. The third-order valence-electron chi connectivity index (χ3n) is 9.11. The van der Waals surface area contributed by atoms with Gasteiger partial charge < -0.3 is 36.3 Å². The Hall–Kier alpha value is -5.81. The van der Waals surface area contributed by atoms with E-state index in [9.17, 15) is 38.7 Å². The van der Waals surface area contributed by atoms with Crippen LogP contribution in [0.4, 0.5) is 9.59 Å². The molecule has 1 aliphatic carbocycles. The maximum absolute atomic E-state index is 14.0. The van der Waals surface area contributed by atoms with Gasteiger partial charge in [-0.1, -0.05) is 48.5 Å². The van der Waals surface area contributed by atoms with E-state index in [1.54, 1.807) is 20.8 Å². The molecule has 2 aromatic rings. The Morgan fingerprint density at radius 2 is 1.49 bits per heavy atom. The number of aliphatic carboxylic acids is 1. The van der Waals surface area contributed by atoms with Gasteiger partial charge in [0.25, 0.3) is 23.6 Å². The standard InChI is InChI=1S/C38H48N6O11/c1-37(2,3)55-35(51)41-29(33(48)49)16-8-11-21-43(38(34(40)50,19-9-10-20-39)44-30(45)17-18-31(44)46)32(47)23-54-42-36(52)53-22-28-26-14-6-4-12-24(26)25-13-5-7-15-27(25)28/h4-7,12-15,17-18,28-29H,8-11,16,19-23,39H2,1-3H3,(H2,40,50)(H,41,51)(H,42,52)(H,48,49)/t29-,38+/m0/s1. The highest BCUT2D eigenvalue weighted by molar-refractivity contribution is 6.16. The fraction of sp³-hybridized carbons (Fsp3) is 0.447. The number of nitrogens with one attached hydrogen (secondary N) is 2. The minimum atomic E-state index is -2.32. The van der Waals surface area contributed by atoms with E-state index in [-0.39, 0.29) is 57.7 Å². The number of carbonyl (C=O) groups is 7. The lowest BCUT2D eigenvalue weighted by molar-refractivity contribution is -0.174. The summed E-state index contributed by atoms with van der Waals surface area (Å²) in [6.45, 7) is 3.81. The molecule has 0 aromatic heterocycles. The predicted octanol–water partition coefficient (Wildman–Crippen LogP) is 2.67. The van der Waals surface area contributed by atoms with Gasteiger partial charge in [0.1, 0.15) is 18.2 Å². The predicted molar refractivity (Wildman–Crippen MR) is 196 cm³/mol. The van der Waals surface area contributed by atoms with E-state index < -0.39 is 65.7 Å². The van der Waals surface area contributed by atoms with Crippen molar-refractivity contribution in [2.45, 2.75) is 82.5 Å². The summed E-state index contributed by atoms with van der Waals surface area (Å²) in [6.07, 6.45) is 0.158. The number of hydroxylamine groups is 1. The second-order valence-corrected chi connectivity index (χ2v) is 14.1. The summed E-state index contributed by atoms with van der Waals surface area (Å²) in [5.74, 6) is -5.50. The third kappa shape index (κ3) is 10.2. The van der Waals surface area contributed by atoms with Gasteiger partial charge in [0.05, 0.1) is 0 Å². The number of benzene rings is 2. The van der Waals surface area contributed by atoms with Gasteiger partial charge in [0.15, 0.2) is 6.61 Å². The topological polar surface area (TPSA) is 250 Å². The van der Waals surface area contributed by atoms with Crippen molar-refractivity contribution in [3.8, 4) is 11.1 Å². The maximum Gasteiger partial charge on any atom is 0.431 e. The highest BCUT2D eigenvalue weighted by Crippen LogP contribution is 2.44. The van der Waals surface area contributed by atoms with E-state index in [0.717, 1.165) is 39.3 Å². The van der Waals surface area contributed by atoms with Crippen molar-refractivity contribution < 1.29 is 53.0 Å². The van der Waals surface area contributed by atoms with Crippen LogP contribution in [-0.2, 0) is 38.3 Å². The zero-order valence-electron chi connectivity index (χ0n) is 31.1. The van der Waals surface area contributed by atoms with Gasteiger partial charge in [-0.05, 0) is 88.1 Å². The van der Waals surface area contributed by atoms with Crippen LogP contribution >= 0.6 is 0 Å². The monoisotopic (exact) mass is 764 g/mol. The molecule has 0 fully saturated rings. The van der Waals surface area contributed by atoms with E-state index in [1.807, 2.05) is 48.5 Å². The Morgan fingerprint density at radius 3 is 2.04 bits per heavy atom. The van der Waals surface area contributed by atoms with Crippen molar-refractivity contribution in [2.75, 3.05) is 26.3 Å². The fourth-order valence-electron chi connectivity index (χ4n) is 6.72. The largest absolute Gasteiger partial charge is 0.480 e. The summed E-state index contributed by atoms with van der Waals surface area (Å²) >= 11 is 0. The molecular weight excluding hydrogens is 716 g/mol. The summed E-state index contributed by atoms with van der Waals surface area (Å²) in [5, 5.41) is 12.0. The Bertz CT molecular complexity index is 1750. The average molecular weight is 765 g/mol. The molecule has 4 rings (SSSR count). The van der Waals surface area contributed by atoms with Crippen molar-refractivity contribution in [1.29, 1.82) is 0 Å². The Labute approximate surface area is 318 Å². The second-order valence-electron chi connectivity index (χ2n) is 14.1. The SMILES string of the molecule is CC(C)(C)OC(=O)N[C@@H](CCCCN(C(=O)CONC(=O)OCC1c2ccccc2-c2ccccc21)[C@@](CCCCN)(C(N)=O)N1C(=O)C=CC1=O)C(=O)O. The smallest absolute Gasteiger partial charge is 0.431 e. The van der Waals surface area contributed by atoms with Crippen molar-refractivity contribution in [2.24, 2.45) is 11.5 Å². The Balaban J connectivity index is 1.48. The van der Waals surface area contributed by atoms with E-state index >= 15 is 0 Å². The Morgan fingerprint density at radius 1 is 0.891 bits per heavy atom. The molecule has 0 bridgehead atoms. The molecule has 2 aliphatic rings. The van der Waals surface area contributed by atoms with Crippen molar-refractivity contribution in [3.05, 3.63) is 71.8 Å². The molecule has 1 heterocycles. The molecular formula is C38H48N6O11. The van der Waals surface area contributed by atoms with Crippen LogP contribution in [0.25, 0.3) is 11.1 Å². The molecule has 6 amide bonds. The summed E-state index contributed by atoms with van der Waals surface area (Å²) in [6, 6.07) is 14.2. The molecule has 0 radical (unpaired) electrons. The number of ether oxygens (including phenoxy) is 2. The van der Waals surface area contributed by atoms with Crippen LogP contribution in [0.3, 0.4) is 0 Å². The van der Waals surface area contributed by atoms with E-state index in [0.29, 0.717) is 11.3 Å². The summed E-state index contributed by atoms with van der Waals surface area (Å²) < 4.78 is 10.6. The molecule has 0 saturated carbocycles. The molecule has 296 valence electrons. The number of nitrogens with zero attached hydrogens (tertiary/aromatic N) is 2. The first-order valence-corrected chi connectivity index (χ1v) is 17.9. The number of imide groups is 1. The number of carboxylic acid groups (broad SMARTS) is 1. The first kappa shape index (κ1) is 41.9. The minimum Gasteiger partial charge on any atom is -0.480 e. The molecule has 2 aromatic carbocycles. The van der Waals surface area contributed by atoms with Crippen LogP contribution in [-0.4, -0.2) is 100 Å². The quantitative estimate of drug-likeness (QED) is 0.0787. The molecule has 0 spiro atoms. The van der Waals surface area contributed by atoms with Crippen molar-refractivity contribution in [1.82, 2.24) is 20.6 Å². The summed E-state index contributed by atoms with van der Waals surface area (Å²) in [5.41, 5.74) is 14.5. The molecule has 55 heavy (non-hydrogen) atoms. The zero-order valence-corrected chi connectivity index (χ0v) is 31.1. The van der Waals surface area contributed by atoms with Gasteiger partial charge in [-0.3, -0.25) is 24.0 Å². The molecule has 7 N–H and O–H groups in total. The number of hydrogen-bond donors (Lipinski definition) is 5. The number of carboxylic acids is 1. The number of nitrogens with two attached hydrogens (primary N) is 2. The maximum atomic E-state index is 14.0. The van der Waals surface area contributed by atoms with E-state index in [1.165, 1.54) is 0 Å². The van der Waals surface area contributed by atoms with Crippen LogP contribution in [0, 0.1) is 0 Å². The van der Waals surface area contributed by atoms with Crippen molar-refractivity contribution in [3.63, 3.8) is 0 Å². The van der Waals surface area contributed by atoms with E-state index in [2.05, 4.69) is 10.8 Å². The van der Waals surface area contributed by atoms with Crippen LogP contribution in [0.5, 0.6) is 0 Å². The fourth-order valence-corrected chi connectivity index (χ4v) is 6.72. The van der Waals surface area contributed by atoms with Gasteiger partial charge in [-0.15, -0.1) is 0 Å². The van der Waals surface area contributed by atoms with Gasteiger partial charge in [0.2, 0.25) is 5.66 Å². The molecule has 2 atom stereocenters. The lowest BCUT2D eigenvalue weighted by Crippen LogP contribution is -2.71. The second kappa shape index (κ2) is 18.5. The number of carbonyl (C=O) groups excluding carboxylic acids is 6. The Kier molecular flexibility index (Phi) is 14.1. The lowest BCUT2D eigenvalue weighted by Gasteiger charge is -2.46. The number of hydrogen-bond acceptors (Lipinski definition) is 11. The van der Waals surface area contributed by atoms with E-state index in [4.69, 9.17) is 25.8 Å². The van der Waals surface area contributed by atoms with Crippen LogP contribution < -0.4 is 22.3 Å². The number of rotatable bonds is 19. The normalized spacial score (nSPS) is 15.1. The van der Waals surface area contributed by atoms with Gasteiger partial charge in [0, 0.05) is 24.6 Å².